The quantitative estimate of drug-likeness (QED) is 0.602. The largest absolute Gasteiger partial charge is 0.348 e. The molecule has 1 aromatic rings. The number of carbonyl (C=O) groups is 1. The Morgan fingerprint density at radius 1 is 1.65 bits per heavy atom. The molecule has 1 aromatic carbocycles. The molecule has 0 saturated heterocycles. The number of halogens is 1. The number of hydrogen-bond acceptors (Lipinski definition) is 4. The van der Waals surface area contributed by atoms with Gasteiger partial charge in [0.15, 0.2) is 0 Å². The molecule has 0 bridgehead atoms. The predicted octanol–water partition coefficient (Wildman–Crippen LogP) is 0.811. The summed E-state index contributed by atoms with van der Waals surface area (Å²) >= 11 is 0. The number of nitrogens with one attached hydrogen (secondary N) is 1. The molecule has 0 aliphatic rings. The fourth-order valence-electron chi connectivity index (χ4n) is 1.21. The van der Waals surface area contributed by atoms with Gasteiger partial charge in [-0.15, -0.1) is 0 Å². The molecular weight excluding hydrogens is 229 g/mol. The fourth-order valence-corrected chi connectivity index (χ4v) is 1.21. The minimum Gasteiger partial charge on any atom is -0.348 e. The maximum atomic E-state index is 13.0. The first-order valence-electron chi connectivity index (χ1n) is 4.90. The van der Waals surface area contributed by atoms with Crippen LogP contribution in [0.1, 0.15) is 17.3 Å². The summed E-state index contributed by atoms with van der Waals surface area (Å²) in [6, 6.07) is 2.38. The van der Waals surface area contributed by atoms with E-state index in [1.54, 1.807) is 6.92 Å². The summed E-state index contributed by atoms with van der Waals surface area (Å²) in [5, 5.41) is 13.1. The van der Waals surface area contributed by atoms with Crippen molar-refractivity contribution in [3.8, 4) is 0 Å². The SMILES string of the molecule is C[C@@H](CN)NC(=O)c1cc(F)ccc1[N+](=O)[O-]. The van der Waals surface area contributed by atoms with Gasteiger partial charge < -0.3 is 11.1 Å². The molecule has 7 heteroatoms. The lowest BCUT2D eigenvalue weighted by Gasteiger charge is -2.11. The summed E-state index contributed by atoms with van der Waals surface area (Å²) in [6.07, 6.45) is 0. The molecule has 0 radical (unpaired) electrons. The highest BCUT2D eigenvalue weighted by Crippen LogP contribution is 2.19. The molecule has 0 aliphatic heterocycles. The lowest BCUT2D eigenvalue weighted by molar-refractivity contribution is -0.385. The third-order valence-electron chi connectivity index (χ3n) is 2.13. The van der Waals surface area contributed by atoms with Gasteiger partial charge in [-0.25, -0.2) is 4.39 Å². The number of nitrogens with two attached hydrogens (primary N) is 1. The molecule has 0 saturated carbocycles. The fraction of sp³-hybridized carbons (Fsp3) is 0.300. The Hall–Kier alpha value is -2.02. The van der Waals surface area contributed by atoms with Gasteiger partial charge in [-0.2, -0.15) is 0 Å². The first-order chi connectivity index (χ1) is 7.95. The van der Waals surface area contributed by atoms with Crippen molar-refractivity contribution in [1.29, 1.82) is 0 Å². The van der Waals surface area contributed by atoms with Gasteiger partial charge in [-0.05, 0) is 19.1 Å². The highest BCUT2D eigenvalue weighted by Gasteiger charge is 2.21. The smallest absolute Gasteiger partial charge is 0.282 e. The number of benzene rings is 1. The minimum atomic E-state index is -0.735. The van der Waals surface area contributed by atoms with Gasteiger partial charge in [0.2, 0.25) is 0 Å². The van der Waals surface area contributed by atoms with E-state index in [9.17, 15) is 19.3 Å². The summed E-state index contributed by atoms with van der Waals surface area (Å²) in [7, 11) is 0. The lowest BCUT2D eigenvalue weighted by Crippen LogP contribution is -2.38. The first-order valence-corrected chi connectivity index (χ1v) is 4.90. The molecule has 0 heterocycles. The zero-order chi connectivity index (χ0) is 13.0. The number of hydrogen-bond donors (Lipinski definition) is 2. The van der Waals surface area contributed by atoms with Crippen molar-refractivity contribution < 1.29 is 14.1 Å². The molecule has 1 rings (SSSR count). The van der Waals surface area contributed by atoms with Crippen LogP contribution >= 0.6 is 0 Å². The summed E-state index contributed by atoms with van der Waals surface area (Å²) in [4.78, 5) is 21.6. The maximum absolute atomic E-state index is 13.0. The standard InChI is InChI=1S/C10H12FN3O3/c1-6(5-12)13-10(15)8-4-7(11)2-3-9(8)14(16)17/h2-4,6H,5,12H2,1H3,(H,13,15)/t6-/m0/s1. The molecule has 0 fully saturated rings. The number of carbonyl (C=O) groups excluding carboxylic acids is 1. The average molecular weight is 241 g/mol. The number of nitro benzene ring substituents is 1. The van der Waals surface area contributed by atoms with E-state index >= 15 is 0 Å². The number of amides is 1. The van der Waals surface area contributed by atoms with Gasteiger partial charge >= 0.3 is 0 Å². The highest BCUT2D eigenvalue weighted by molar-refractivity contribution is 5.98. The summed E-state index contributed by atoms with van der Waals surface area (Å²) < 4.78 is 13.0. The van der Waals surface area contributed by atoms with Gasteiger partial charge in [-0.3, -0.25) is 14.9 Å². The third-order valence-corrected chi connectivity index (χ3v) is 2.13. The Labute approximate surface area is 96.8 Å². The Balaban J connectivity index is 3.06. The van der Waals surface area contributed by atoms with Gasteiger partial charge in [0.1, 0.15) is 11.4 Å². The van der Waals surface area contributed by atoms with Gasteiger partial charge in [0.05, 0.1) is 4.92 Å². The summed E-state index contributed by atoms with van der Waals surface area (Å²) in [6.45, 7) is 1.83. The van der Waals surface area contributed by atoms with Crippen LogP contribution in [0, 0.1) is 15.9 Å². The van der Waals surface area contributed by atoms with Crippen molar-refractivity contribution >= 4 is 11.6 Å². The van der Waals surface area contributed by atoms with E-state index in [1.165, 1.54) is 0 Å². The molecule has 92 valence electrons. The number of rotatable bonds is 4. The number of nitrogens with zero attached hydrogens (tertiary/aromatic N) is 1. The van der Waals surface area contributed by atoms with E-state index in [-0.39, 0.29) is 18.2 Å². The van der Waals surface area contributed by atoms with E-state index in [0.717, 1.165) is 18.2 Å². The van der Waals surface area contributed by atoms with Crippen LogP contribution < -0.4 is 11.1 Å². The van der Waals surface area contributed by atoms with E-state index in [2.05, 4.69) is 5.32 Å². The predicted molar refractivity (Wildman–Crippen MR) is 59.0 cm³/mol. The van der Waals surface area contributed by atoms with E-state index in [4.69, 9.17) is 5.73 Å². The molecular formula is C10H12FN3O3. The number of nitro groups is 1. The normalized spacial score (nSPS) is 11.9. The molecule has 1 amide bonds. The van der Waals surface area contributed by atoms with Crippen LogP contribution in [-0.2, 0) is 0 Å². The second kappa shape index (κ2) is 5.35. The van der Waals surface area contributed by atoms with Crippen molar-refractivity contribution in [2.24, 2.45) is 5.73 Å². The van der Waals surface area contributed by atoms with Crippen LogP contribution in [0.4, 0.5) is 10.1 Å². The van der Waals surface area contributed by atoms with Crippen LogP contribution in [0.3, 0.4) is 0 Å². The van der Waals surface area contributed by atoms with Gasteiger partial charge in [-0.1, -0.05) is 0 Å². The maximum Gasteiger partial charge on any atom is 0.282 e. The van der Waals surface area contributed by atoms with Crippen molar-refractivity contribution in [1.82, 2.24) is 5.32 Å². The van der Waals surface area contributed by atoms with Crippen LogP contribution in [0.2, 0.25) is 0 Å². The van der Waals surface area contributed by atoms with E-state index in [0.29, 0.717) is 0 Å². The Kier molecular flexibility index (Phi) is 4.11. The molecule has 3 N–H and O–H groups in total. The molecule has 0 unspecified atom stereocenters. The molecule has 1 atom stereocenters. The van der Waals surface area contributed by atoms with E-state index < -0.39 is 22.3 Å². The molecule has 0 aliphatic carbocycles. The zero-order valence-electron chi connectivity index (χ0n) is 9.14. The van der Waals surface area contributed by atoms with Crippen molar-refractivity contribution in [2.45, 2.75) is 13.0 Å². The second-order valence-electron chi connectivity index (χ2n) is 3.53. The molecule has 0 aromatic heterocycles. The average Bonchev–Trinajstić information content (AvgIpc) is 2.28. The van der Waals surface area contributed by atoms with Crippen LogP contribution in [0.5, 0.6) is 0 Å². The summed E-state index contributed by atoms with van der Waals surface area (Å²) in [5.74, 6) is -1.42. The van der Waals surface area contributed by atoms with Crippen LogP contribution in [0.25, 0.3) is 0 Å². The van der Waals surface area contributed by atoms with Crippen LogP contribution in [0.15, 0.2) is 18.2 Å². The molecule has 0 spiro atoms. The summed E-state index contributed by atoms with van der Waals surface area (Å²) in [5.41, 5.74) is 4.56. The molecule has 17 heavy (non-hydrogen) atoms. The van der Waals surface area contributed by atoms with Crippen molar-refractivity contribution in [3.05, 3.63) is 39.7 Å². The van der Waals surface area contributed by atoms with Gasteiger partial charge in [0, 0.05) is 18.7 Å². The Bertz CT molecular complexity index is 450. The monoisotopic (exact) mass is 241 g/mol. The Morgan fingerprint density at radius 2 is 2.29 bits per heavy atom. The third kappa shape index (κ3) is 3.22. The van der Waals surface area contributed by atoms with E-state index in [1.807, 2.05) is 0 Å². The van der Waals surface area contributed by atoms with Crippen LogP contribution in [-0.4, -0.2) is 23.4 Å². The molecule has 6 nitrogen and oxygen atoms in total. The minimum absolute atomic E-state index is 0.189. The highest BCUT2D eigenvalue weighted by atomic mass is 19.1. The van der Waals surface area contributed by atoms with Gasteiger partial charge in [0.25, 0.3) is 11.6 Å². The Morgan fingerprint density at radius 3 is 2.82 bits per heavy atom. The zero-order valence-corrected chi connectivity index (χ0v) is 9.14. The lowest BCUT2D eigenvalue weighted by atomic mass is 10.1. The first kappa shape index (κ1) is 13.0. The van der Waals surface area contributed by atoms with Crippen molar-refractivity contribution in [3.63, 3.8) is 0 Å². The second-order valence-corrected chi connectivity index (χ2v) is 3.53. The van der Waals surface area contributed by atoms with Crippen molar-refractivity contribution in [2.75, 3.05) is 6.54 Å². The topological polar surface area (TPSA) is 98.3 Å².